The van der Waals surface area contributed by atoms with Gasteiger partial charge in [0.25, 0.3) is 0 Å². The van der Waals surface area contributed by atoms with Crippen molar-refractivity contribution in [2.24, 2.45) is 10.4 Å². The third-order valence-electron chi connectivity index (χ3n) is 4.68. The highest BCUT2D eigenvalue weighted by atomic mass is 127. The highest BCUT2D eigenvalue weighted by Gasteiger charge is 2.30. The number of rotatable bonds is 4. The van der Waals surface area contributed by atoms with Crippen molar-refractivity contribution in [3.05, 3.63) is 35.8 Å². The van der Waals surface area contributed by atoms with Crippen LogP contribution in [0.3, 0.4) is 0 Å². The van der Waals surface area contributed by atoms with E-state index in [-0.39, 0.29) is 29.8 Å². The molecule has 0 bridgehead atoms. The zero-order valence-electron chi connectivity index (χ0n) is 15.2. The second-order valence-corrected chi connectivity index (χ2v) is 7.33. The minimum absolute atomic E-state index is 0. The first-order chi connectivity index (χ1) is 11.5. The molecule has 4 nitrogen and oxygen atoms in total. The van der Waals surface area contributed by atoms with Crippen molar-refractivity contribution in [1.29, 1.82) is 0 Å². The maximum absolute atomic E-state index is 13.3. The van der Waals surface area contributed by atoms with Gasteiger partial charge in [0.1, 0.15) is 5.82 Å². The first-order valence-electron chi connectivity index (χ1n) is 8.77. The van der Waals surface area contributed by atoms with Crippen LogP contribution in [0.1, 0.15) is 32.8 Å². The second kappa shape index (κ2) is 8.38. The van der Waals surface area contributed by atoms with E-state index in [0.29, 0.717) is 5.41 Å². The number of hydrogen-bond acceptors (Lipinski definition) is 1. The summed E-state index contributed by atoms with van der Waals surface area (Å²) in [6, 6.07) is 4.90. The predicted molar refractivity (Wildman–Crippen MR) is 113 cm³/mol. The van der Waals surface area contributed by atoms with Crippen LogP contribution in [0.25, 0.3) is 10.9 Å². The van der Waals surface area contributed by atoms with Gasteiger partial charge in [0.2, 0.25) is 0 Å². The number of nitrogens with zero attached hydrogens (tertiary/aromatic N) is 2. The number of likely N-dealkylation sites (tertiary alicyclic amines) is 1. The monoisotopic (exact) mass is 458 g/mol. The quantitative estimate of drug-likeness (QED) is 0.411. The maximum atomic E-state index is 13.3. The molecule has 2 heterocycles. The Hall–Kier alpha value is -1.31. The molecular weight excluding hydrogens is 430 g/mol. The molecule has 6 heteroatoms. The molecule has 1 saturated heterocycles. The molecule has 25 heavy (non-hydrogen) atoms. The van der Waals surface area contributed by atoms with Gasteiger partial charge in [0.05, 0.1) is 0 Å². The van der Waals surface area contributed by atoms with E-state index < -0.39 is 0 Å². The minimum Gasteiger partial charge on any atom is -0.361 e. The van der Waals surface area contributed by atoms with Crippen molar-refractivity contribution < 1.29 is 4.39 Å². The number of hydrogen-bond donors (Lipinski definition) is 2. The van der Waals surface area contributed by atoms with Gasteiger partial charge < -0.3 is 15.2 Å². The van der Waals surface area contributed by atoms with Gasteiger partial charge in [-0.3, -0.25) is 4.99 Å². The van der Waals surface area contributed by atoms with Crippen molar-refractivity contribution in [3.8, 4) is 0 Å². The third-order valence-corrected chi connectivity index (χ3v) is 4.68. The van der Waals surface area contributed by atoms with E-state index in [2.05, 4.69) is 36.0 Å². The van der Waals surface area contributed by atoms with Crippen molar-refractivity contribution in [1.82, 2.24) is 15.2 Å². The normalized spacial score (nSPS) is 17.0. The molecule has 138 valence electrons. The lowest BCUT2D eigenvalue weighted by Gasteiger charge is -2.23. The van der Waals surface area contributed by atoms with Crippen LogP contribution in [0.4, 0.5) is 4.39 Å². The summed E-state index contributed by atoms with van der Waals surface area (Å²) in [5.74, 6) is 0.800. The number of aromatic amines is 1. The number of benzene rings is 1. The molecule has 0 amide bonds. The van der Waals surface area contributed by atoms with E-state index in [4.69, 9.17) is 4.99 Å². The first kappa shape index (κ1) is 20.0. The number of aromatic nitrogens is 1. The Morgan fingerprint density at radius 3 is 2.88 bits per heavy atom. The number of guanidine groups is 1. The van der Waals surface area contributed by atoms with Crippen LogP contribution in [0.5, 0.6) is 0 Å². The van der Waals surface area contributed by atoms with Gasteiger partial charge in [-0.2, -0.15) is 0 Å². The first-order valence-corrected chi connectivity index (χ1v) is 8.77. The van der Waals surface area contributed by atoms with E-state index in [1.54, 1.807) is 6.07 Å². The largest absolute Gasteiger partial charge is 0.361 e. The number of nitrogens with one attached hydrogen (secondary N) is 2. The summed E-state index contributed by atoms with van der Waals surface area (Å²) in [5, 5.41) is 4.49. The average Bonchev–Trinajstić information content (AvgIpc) is 3.09. The number of aliphatic imine (C=N–C) groups is 1. The summed E-state index contributed by atoms with van der Waals surface area (Å²) in [6.45, 7) is 10.4. The van der Waals surface area contributed by atoms with Crippen LogP contribution in [0.2, 0.25) is 0 Å². The van der Waals surface area contributed by atoms with Gasteiger partial charge in [0, 0.05) is 43.3 Å². The Labute approximate surface area is 166 Å². The zero-order valence-corrected chi connectivity index (χ0v) is 17.6. The highest BCUT2D eigenvalue weighted by Crippen LogP contribution is 2.28. The lowest BCUT2D eigenvalue weighted by molar-refractivity contribution is 0.370. The van der Waals surface area contributed by atoms with E-state index in [0.717, 1.165) is 49.5 Å². The molecule has 0 saturated carbocycles. The number of halogens is 2. The predicted octanol–water partition coefficient (Wildman–Crippen LogP) is 4.16. The van der Waals surface area contributed by atoms with Crippen molar-refractivity contribution in [2.45, 2.75) is 33.6 Å². The summed E-state index contributed by atoms with van der Waals surface area (Å²) in [7, 11) is 0. The summed E-state index contributed by atoms with van der Waals surface area (Å²) in [5.41, 5.74) is 2.39. The standard InChI is InChI=1S/C19H27FN4.HI/c1-4-21-18(24-10-8-19(2,3)13-24)22-9-7-14-12-23-17-11-15(20)5-6-16(14)17;/h5-6,11-12,23H,4,7-10,13H2,1-3H3,(H,21,22);1H. The SMILES string of the molecule is CCNC(=NCCc1c[nH]c2cc(F)ccc12)N1CCC(C)(C)C1.I. The van der Waals surface area contributed by atoms with Crippen LogP contribution in [-0.2, 0) is 6.42 Å². The van der Waals surface area contributed by atoms with E-state index >= 15 is 0 Å². The lowest BCUT2D eigenvalue weighted by Crippen LogP contribution is -2.40. The van der Waals surface area contributed by atoms with Gasteiger partial charge in [-0.25, -0.2) is 4.39 Å². The smallest absolute Gasteiger partial charge is 0.193 e. The summed E-state index contributed by atoms with van der Waals surface area (Å²) in [4.78, 5) is 10.3. The molecule has 1 aromatic carbocycles. The molecule has 1 aromatic heterocycles. The van der Waals surface area contributed by atoms with Crippen LogP contribution in [-0.4, -0.2) is 42.0 Å². The van der Waals surface area contributed by atoms with Crippen LogP contribution in [0, 0.1) is 11.2 Å². The third kappa shape index (κ3) is 4.86. The summed E-state index contributed by atoms with van der Waals surface area (Å²) < 4.78 is 13.3. The fraction of sp³-hybridized carbons (Fsp3) is 0.526. The van der Waals surface area contributed by atoms with Crippen LogP contribution >= 0.6 is 24.0 Å². The number of fused-ring (bicyclic) bond motifs is 1. The van der Waals surface area contributed by atoms with Gasteiger partial charge >= 0.3 is 0 Å². The Kier molecular flexibility index (Phi) is 6.71. The Balaban J connectivity index is 0.00000225. The minimum atomic E-state index is -0.208. The van der Waals surface area contributed by atoms with Gasteiger partial charge in [-0.1, -0.05) is 13.8 Å². The van der Waals surface area contributed by atoms with E-state index in [9.17, 15) is 4.39 Å². The van der Waals surface area contributed by atoms with Crippen molar-refractivity contribution >= 4 is 40.8 Å². The second-order valence-electron chi connectivity index (χ2n) is 7.33. The number of H-pyrrole nitrogens is 1. The molecule has 2 N–H and O–H groups in total. The lowest BCUT2D eigenvalue weighted by atomic mass is 9.93. The average molecular weight is 458 g/mol. The van der Waals surface area contributed by atoms with Gasteiger partial charge in [0.15, 0.2) is 5.96 Å². The van der Waals surface area contributed by atoms with Gasteiger partial charge in [-0.05, 0) is 48.9 Å². The molecule has 1 fully saturated rings. The van der Waals surface area contributed by atoms with Crippen molar-refractivity contribution in [3.63, 3.8) is 0 Å². The molecular formula is C19H28FIN4. The molecule has 1 aliphatic heterocycles. The van der Waals surface area contributed by atoms with Crippen LogP contribution < -0.4 is 5.32 Å². The zero-order chi connectivity index (χ0) is 17.2. The highest BCUT2D eigenvalue weighted by molar-refractivity contribution is 14.0. The van der Waals surface area contributed by atoms with E-state index in [1.165, 1.54) is 18.1 Å². The van der Waals surface area contributed by atoms with E-state index in [1.807, 2.05) is 12.3 Å². The fourth-order valence-electron chi connectivity index (χ4n) is 3.37. The molecule has 1 aliphatic rings. The molecule has 3 rings (SSSR count). The topological polar surface area (TPSA) is 43.4 Å². The Bertz CT molecular complexity index is 738. The molecule has 0 unspecified atom stereocenters. The van der Waals surface area contributed by atoms with Crippen molar-refractivity contribution in [2.75, 3.05) is 26.2 Å². The molecule has 0 atom stereocenters. The summed E-state index contributed by atoms with van der Waals surface area (Å²) in [6.07, 6.45) is 4.01. The molecule has 0 aliphatic carbocycles. The van der Waals surface area contributed by atoms with Crippen LogP contribution in [0.15, 0.2) is 29.4 Å². The van der Waals surface area contributed by atoms with Gasteiger partial charge in [-0.15, -0.1) is 24.0 Å². The fourth-order valence-corrected chi connectivity index (χ4v) is 3.37. The molecule has 2 aromatic rings. The Morgan fingerprint density at radius 2 is 2.20 bits per heavy atom. The maximum Gasteiger partial charge on any atom is 0.193 e. The molecule has 0 spiro atoms. The summed E-state index contributed by atoms with van der Waals surface area (Å²) >= 11 is 0. The molecule has 0 radical (unpaired) electrons. The Morgan fingerprint density at radius 1 is 1.40 bits per heavy atom.